The van der Waals surface area contributed by atoms with E-state index in [2.05, 4.69) is 15.6 Å². The molecule has 1 unspecified atom stereocenters. The van der Waals surface area contributed by atoms with Crippen molar-refractivity contribution in [1.29, 1.82) is 0 Å². The molecular formula is C26H22N4O5S2. The van der Waals surface area contributed by atoms with Crippen molar-refractivity contribution >= 4 is 51.4 Å². The maximum Gasteiger partial charge on any atom is 0.270 e. The number of nitro benzene ring substituents is 1. The lowest BCUT2D eigenvalue weighted by molar-refractivity contribution is -0.384. The minimum Gasteiger partial charge on any atom is -0.497 e. The first-order chi connectivity index (χ1) is 17.8. The number of benzene rings is 3. The Balaban J connectivity index is 1.36. The summed E-state index contributed by atoms with van der Waals surface area (Å²) in [6, 6.07) is 20.1. The number of ether oxygens (including phenoxy) is 1. The van der Waals surface area contributed by atoms with Gasteiger partial charge in [-0.25, -0.2) is 4.98 Å². The fourth-order valence-corrected chi connectivity index (χ4v) is 4.95. The van der Waals surface area contributed by atoms with Crippen LogP contribution in [0, 0.1) is 10.1 Å². The van der Waals surface area contributed by atoms with Gasteiger partial charge in [0, 0.05) is 39.2 Å². The van der Waals surface area contributed by atoms with E-state index < -0.39 is 16.1 Å². The van der Waals surface area contributed by atoms with Crippen LogP contribution in [0.5, 0.6) is 5.75 Å². The van der Waals surface area contributed by atoms with E-state index in [0.717, 1.165) is 21.9 Å². The van der Waals surface area contributed by atoms with Crippen molar-refractivity contribution in [3.63, 3.8) is 0 Å². The van der Waals surface area contributed by atoms with Crippen LogP contribution in [0.3, 0.4) is 0 Å². The zero-order chi connectivity index (χ0) is 26.4. The number of nitrogens with zero attached hydrogens (tertiary/aromatic N) is 2. The molecule has 3 aromatic carbocycles. The van der Waals surface area contributed by atoms with Gasteiger partial charge in [0.15, 0.2) is 5.13 Å². The summed E-state index contributed by atoms with van der Waals surface area (Å²) in [7, 11) is 1.61. The van der Waals surface area contributed by atoms with Crippen molar-refractivity contribution < 1.29 is 19.2 Å². The molecule has 11 heteroatoms. The molecule has 9 nitrogen and oxygen atoms in total. The maximum atomic E-state index is 12.8. The third-order valence-electron chi connectivity index (χ3n) is 5.21. The summed E-state index contributed by atoms with van der Waals surface area (Å²) in [5.41, 5.74) is 2.21. The van der Waals surface area contributed by atoms with Gasteiger partial charge in [-0.2, -0.15) is 0 Å². The lowest BCUT2D eigenvalue weighted by Crippen LogP contribution is -2.22. The molecule has 0 saturated carbocycles. The van der Waals surface area contributed by atoms with E-state index in [-0.39, 0.29) is 17.2 Å². The minimum absolute atomic E-state index is 0.159. The van der Waals surface area contributed by atoms with Crippen LogP contribution in [-0.4, -0.2) is 34.1 Å². The molecule has 0 aliphatic rings. The molecule has 188 valence electrons. The fraction of sp³-hybridized carbons (Fsp3) is 0.115. The second-order valence-electron chi connectivity index (χ2n) is 7.81. The third kappa shape index (κ3) is 6.72. The normalized spacial score (nSPS) is 11.4. The van der Waals surface area contributed by atoms with Gasteiger partial charge in [0.05, 0.1) is 23.0 Å². The summed E-state index contributed by atoms with van der Waals surface area (Å²) >= 11 is 2.68. The van der Waals surface area contributed by atoms with Gasteiger partial charge in [-0.05, 0) is 55.5 Å². The van der Waals surface area contributed by atoms with Crippen molar-refractivity contribution in [2.45, 2.75) is 17.1 Å². The molecule has 4 aromatic rings. The smallest absolute Gasteiger partial charge is 0.270 e. The quantitative estimate of drug-likeness (QED) is 0.151. The molecule has 2 N–H and O–H groups in total. The van der Waals surface area contributed by atoms with Crippen molar-refractivity contribution in [2.75, 3.05) is 17.7 Å². The van der Waals surface area contributed by atoms with E-state index in [1.54, 1.807) is 32.2 Å². The average Bonchev–Trinajstić information content (AvgIpc) is 3.37. The number of anilines is 2. The van der Waals surface area contributed by atoms with Gasteiger partial charge in [0.2, 0.25) is 5.91 Å². The maximum absolute atomic E-state index is 12.8. The Labute approximate surface area is 221 Å². The lowest BCUT2D eigenvalue weighted by Gasteiger charge is -2.12. The molecule has 4 rings (SSSR count). The first-order valence-corrected chi connectivity index (χ1v) is 12.8. The Morgan fingerprint density at radius 3 is 2.54 bits per heavy atom. The summed E-state index contributed by atoms with van der Waals surface area (Å²) in [6.45, 7) is 1.78. The first-order valence-electron chi connectivity index (χ1n) is 11.1. The van der Waals surface area contributed by atoms with E-state index in [4.69, 9.17) is 4.74 Å². The second-order valence-corrected chi connectivity index (χ2v) is 10.1. The van der Waals surface area contributed by atoms with E-state index in [1.165, 1.54) is 47.4 Å². The highest BCUT2D eigenvalue weighted by molar-refractivity contribution is 8.00. The fourth-order valence-electron chi connectivity index (χ4n) is 3.30. The number of hydrogen-bond donors (Lipinski definition) is 2. The standard InChI is InChI=1S/C26H22N4O5S2/c1-16(24(31)29-26-28-23(15-36-26)17-9-11-21(35-2)12-10-17)37-22-8-4-6-19(14-22)27-25(32)18-5-3-7-20(13-18)30(33)34/h3-16H,1-2H3,(H,27,32)(H,28,29,31). The first kappa shape index (κ1) is 25.9. The summed E-state index contributed by atoms with van der Waals surface area (Å²) in [5.74, 6) is 0.0887. The summed E-state index contributed by atoms with van der Waals surface area (Å²) in [6.07, 6.45) is 0. The molecule has 0 fully saturated rings. The number of carbonyl (C=O) groups is 2. The van der Waals surface area contributed by atoms with Crippen LogP contribution in [-0.2, 0) is 4.79 Å². The van der Waals surface area contributed by atoms with Crippen molar-refractivity contribution in [2.24, 2.45) is 0 Å². The highest BCUT2D eigenvalue weighted by Crippen LogP contribution is 2.29. The summed E-state index contributed by atoms with van der Waals surface area (Å²) < 4.78 is 5.18. The van der Waals surface area contributed by atoms with E-state index >= 15 is 0 Å². The zero-order valence-electron chi connectivity index (χ0n) is 19.8. The van der Waals surface area contributed by atoms with Crippen molar-refractivity contribution in [3.8, 4) is 17.0 Å². The zero-order valence-corrected chi connectivity index (χ0v) is 21.5. The topological polar surface area (TPSA) is 123 Å². The van der Waals surface area contributed by atoms with Crippen LogP contribution in [0.4, 0.5) is 16.5 Å². The SMILES string of the molecule is COc1ccc(-c2csc(NC(=O)C(C)Sc3cccc(NC(=O)c4cccc([N+](=O)[O-])c4)c3)n2)cc1. The van der Waals surface area contributed by atoms with Crippen LogP contribution in [0.25, 0.3) is 11.3 Å². The van der Waals surface area contributed by atoms with Crippen LogP contribution in [0.1, 0.15) is 17.3 Å². The van der Waals surface area contributed by atoms with Gasteiger partial charge in [-0.1, -0.05) is 12.1 Å². The number of rotatable bonds is 9. The number of carbonyl (C=O) groups excluding carboxylic acids is 2. The molecule has 1 heterocycles. The van der Waals surface area contributed by atoms with E-state index in [0.29, 0.717) is 10.8 Å². The number of nitro groups is 1. The molecule has 0 spiro atoms. The molecule has 1 atom stereocenters. The minimum atomic E-state index is -0.550. The molecule has 0 bridgehead atoms. The highest BCUT2D eigenvalue weighted by atomic mass is 32.2. The van der Waals surface area contributed by atoms with E-state index in [1.807, 2.05) is 35.7 Å². The number of non-ortho nitro benzene ring substituents is 1. The number of thioether (sulfide) groups is 1. The van der Waals surface area contributed by atoms with Gasteiger partial charge in [0.1, 0.15) is 5.75 Å². The second kappa shape index (κ2) is 11.7. The molecule has 0 saturated heterocycles. The third-order valence-corrected chi connectivity index (χ3v) is 7.06. The lowest BCUT2D eigenvalue weighted by atomic mass is 10.2. The highest BCUT2D eigenvalue weighted by Gasteiger charge is 2.17. The summed E-state index contributed by atoms with van der Waals surface area (Å²) in [4.78, 5) is 41.0. The number of amides is 2. The molecule has 0 radical (unpaired) electrons. The Morgan fingerprint density at radius 1 is 1.05 bits per heavy atom. The predicted molar refractivity (Wildman–Crippen MR) is 146 cm³/mol. The van der Waals surface area contributed by atoms with Crippen LogP contribution >= 0.6 is 23.1 Å². The van der Waals surface area contributed by atoms with Gasteiger partial charge in [-0.3, -0.25) is 19.7 Å². The molecule has 2 amide bonds. The van der Waals surface area contributed by atoms with Crippen LogP contribution in [0.2, 0.25) is 0 Å². The molecule has 37 heavy (non-hydrogen) atoms. The van der Waals surface area contributed by atoms with E-state index in [9.17, 15) is 19.7 Å². The predicted octanol–water partition coefficient (Wildman–Crippen LogP) is 6.10. The Morgan fingerprint density at radius 2 is 1.81 bits per heavy atom. The number of hydrogen-bond acceptors (Lipinski definition) is 8. The number of thiazole rings is 1. The van der Waals surface area contributed by atoms with Gasteiger partial charge < -0.3 is 15.4 Å². The van der Waals surface area contributed by atoms with Gasteiger partial charge in [0.25, 0.3) is 11.6 Å². The van der Waals surface area contributed by atoms with Gasteiger partial charge in [-0.15, -0.1) is 23.1 Å². The number of aromatic nitrogens is 1. The van der Waals surface area contributed by atoms with Crippen LogP contribution in [0.15, 0.2) is 83.1 Å². The Hall–Kier alpha value is -4.22. The number of nitrogens with one attached hydrogen (secondary N) is 2. The Bertz CT molecular complexity index is 1440. The monoisotopic (exact) mass is 534 g/mol. The molecule has 0 aliphatic heterocycles. The van der Waals surface area contributed by atoms with Gasteiger partial charge >= 0.3 is 0 Å². The molecular weight excluding hydrogens is 512 g/mol. The average molecular weight is 535 g/mol. The van der Waals surface area contributed by atoms with Crippen molar-refractivity contribution in [1.82, 2.24) is 4.98 Å². The Kier molecular flexibility index (Phi) is 8.16. The van der Waals surface area contributed by atoms with Crippen LogP contribution < -0.4 is 15.4 Å². The largest absolute Gasteiger partial charge is 0.497 e. The van der Waals surface area contributed by atoms with Crippen molar-refractivity contribution in [3.05, 3.63) is 93.9 Å². The molecule has 1 aromatic heterocycles. The summed E-state index contributed by atoms with van der Waals surface area (Å²) in [5, 5.41) is 18.5. The molecule has 0 aliphatic carbocycles. The number of methoxy groups -OCH3 is 1.